The zero-order valence-corrected chi connectivity index (χ0v) is 16.5. The number of thiophene rings is 1. The highest BCUT2D eigenvalue weighted by molar-refractivity contribution is 7.19. The number of hydrogen-bond acceptors (Lipinski definition) is 2. The lowest BCUT2D eigenvalue weighted by Crippen LogP contribution is -2.12. The van der Waals surface area contributed by atoms with Crippen LogP contribution in [0, 0.1) is 0 Å². The summed E-state index contributed by atoms with van der Waals surface area (Å²) >= 11 is 1.59. The Kier molecular flexibility index (Phi) is 4.40. The average molecular weight is 423 g/mol. The summed E-state index contributed by atoms with van der Waals surface area (Å²) in [7, 11) is 0. The van der Waals surface area contributed by atoms with Gasteiger partial charge in [-0.3, -0.25) is 4.79 Å². The first kappa shape index (κ1) is 18.9. The van der Waals surface area contributed by atoms with Crippen LogP contribution in [0.25, 0.3) is 21.2 Å². The number of benzene rings is 3. The van der Waals surface area contributed by atoms with E-state index in [-0.39, 0.29) is 5.91 Å². The monoisotopic (exact) mass is 423 g/mol. The van der Waals surface area contributed by atoms with Crippen LogP contribution in [0.2, 0.25) is 0 Å². The molecule has 0 atom stereocenters. The fourth-order valence-electron chi connectivity index (χ4n) is 3.98. The van der Waals surface area contributed by atoms with Gasteiger partial charge in [-0.05, 0) is 45.8 Å². The molecule has 0 saturated heterocycles. The summed E-state index contributed by atoms with van der Waals surface area (Å²) in [5.41, 5.74) is 3.75. The van der Waals surface area contributed by atoms with Crippen molar-refractivity contribution in [3.8, 4) is 11.1 Å². The Hall–Kier alpha value is -3.12. The molecule has 6 heteroatoms. The van der Waals surface area contributed by atoms with E-state index in [1.165, 1.54) is 12.1 Å². The molecule has 5 rings (SSSR count). The van der Waals surface area contributed by atoms with Crippen molar-refractivity contribution in [2.24, 2.45) is 0 Å². The van der Waals surface area contributed by atoms with E-state index in [0.717, 1.165) is 37.7 Å². The van der Waals surface area contributed by atoms with Gasteiger partial charge < -0.3 is 5.32 Å². The second-order valence-corrected chi connectivity index (χ2v) is 8.46. The highest BCUT2D eigenvalue weighted by Gasteiger charge is 2.30. The third-order valence-corrected chi connectivity index (χ3v) is 6.55. The summed E-state index contributed by atoms with van der Waals surface area (Å²) in [4.78, 5) is 13.0. The van der Waals surface area contributed by atoms with E-state index in [0.29, 0.717) is 24.1 Å². The van der Waals surface area contributed by atoms with Crippen molar-refractivity contribution in [1.82, 2.24) is 5.32 Å². The number of alkyl halides is 3. The van der Waals surface area contributed by atoms with Gasteiger partial charge in [-0.2, -0.15) is 13.2 Å². The molecule has 3 aromatic carbocycles. The van der Waals surface area contributed by atoms with Crippen LogP contribution in [0.1, 0.15) is 31.9 Å². The maximum Gasteiger partial charge on any atom is 0.416 e. The van der Waals surface area contributed by atoms with Crippen LogP contribution < -0.4 is 5.32 Å². The molecular formula is C24H16F3NOS. The summed E-state index contributed by atoms with van der Waals surface area (Å²) < 4.78 is 40.2. The van der Waals surface area contributed by atoms with Gasteiger partial charge in [0.2, 0.25) is 0 Å². The molecule has 30 heavy (non-hydrogen) atoms. The lowest BCUT2D eigenvalue weighted by Gasteiger charge is -2.08. The molecule has 2 nitrogen and oxygen atoms in total. The van der Waals surface area contributed by atoms with Crippen molar-refractivity contribution < 1.29 is 18.0 Å². The number of carbonyl (C=O) groups excluding carboxylic acids is 1. The first-order valence-electron chi connectivity index (χ1n) is 9.48. The van der Waals surface area contributed by atoms with Crippen LogP contribution in [0.4, 0.5) is 13.2 Å². The number of halogens is 3. The number of fused-ring (bicyclic) bond motifs is 2. The van der Waals surface area contributed by atoms with Gasteiger partial charge in [0.25, 0.3) is 5.91 Å². The van der Waals surface area contributed by atoms with Gasteiger partial charge in [-0.25, -0.2) is 0 Å². The number of nitrogens with one attached hydrogen (secondary N) is 1. The Bertz CT molecular complexity index is 1290. The molecule has 0 spiro atoms. The molecule has 1 aromatic heterocycles. The van der Waals surface area contributed by atoms with E-state index in [1.807, 2.05) is 42.5 Å². The van der Waals surface area contributed by atoms with Crippen molar-refractivity contribution in [2.75, 3.05) is 0 Å². The predicted molar refractivity (Wildman–Crippen MR) is 113 cm³/mol. The summed E-state index contributed by atoms with van der Waals surface area (Å²) in [6.45, 7) is 0.503. The SMILES string of the molecule is O=C1NCc2c1cccc2-c1cccc2cc(Cc3cccc(C(F)(F)F)c3)sc12. The minimum absolute atomic E-state index is 0.0598. The molecule has 0 unspecified atom stereocenters. The summed E-state index contributed by atoms with van der Waals surface area (Å²) in [5.74, 6) is -0.0598. The second kappa shape index (κ2) is 6.99. The molecule has 0 fully saturated rings. The predicted octanol–water partition coefficient (Wildman–Crippen LogP) is 6.42. The van der Waals surface area contributed by atoms with Crippen LogP contribution in [-0.2, 0) is 19.1 Å². The number of hydrogen-bond donors (Lipinski definition) is 1. The minimum Gasteiger partial charge on any atom is -0.348 e. The van der Waals surface area contributed by atoms with Crippen LogP contribution in [0.5, 0.6) is 0 Å². The van der Waals surface area contributed by atoms with Gasteiger partial charge in [0.1, 0.15) is 0 Å². The first-order valence-corrected chi connectivity index (χ1v) is 10.3. The molecule has 4 aromatic rings. The van der Waals surface area contributed by atoms with E-state index < -0.39 is 11.7 Å². The summed E-state index contributed by atoms with van der Waals surface area (Å²) in [6, 6.07) is 19.3. The van der Waals surface area contributed by atoms with Crippen molar-refractivity contribution in [1.29, 1.82) is 0 Å². The lowest BCUT2D eigenvalue weighted by molar-refractivity contribution is -0.137. The molecule has 1 aliphatic heterocycles. The molecule has 1 amide bonds. The van der Waals surface area contributed by atoms with Crippen molar-refractivity contribution in [3.63, 3.8) is 0 Å². The normalized spacial score (nSPS) is 13.5. The molecular weight excluding hydrogens is 407 g/mol. The largest absolute Gasteiger partial charge is 0.416 e. The van der Waals surface area contributed by atoms with E-state index in [1.54, 1.807) is 17.4 Å². The fourth-order valence-corrected chi connectivity index (χ4v) is 5.20. The van der Waals surface area contributed by atoms with E-state index in [4.69, 9.17) is 0 Å². The Morgan fingerprint density at radius 3 is 2.47 bits per heavy atom. The van der Waals surface area contributed by atoms with Gasteiger partial charge in [0.05, 0.1) is 5.56 Å². The molecule has 1 aliphatic rings. The van der Waals surface area contributed by atoms with Gasteiger partial charge in [-0.1, -0.05) is 48.5 Å². The molecule has 0 saturated carbocycles. The number of amides is 1. The zero-order valence-electron chi connectivity index (χ0n) is 15.7. The first-order chi connectivity index (χ1) is 14.4. The summed E-state index contributed by atoms with van der Waals surface area (Å²) in [5, 5.41) is 3.92. The Labute approximate surface area is 175 Å². The van der Waals surface area contributed by atoms with Crippen LogP contribution in [0.3, 0.4) is 0 Å². The van der Waals surface area contributed by atoms with Crippen LogP contribution in [-0.4, -0.2) is 5.91 Å². The van der Waals surface area contributed by atoms with Crippen molar-refractivity contribution in [3.05, 3.63) is 93.9 Å². The van der Waals surface area contributed by atoms with Crippen molar-refractivity contribution >= 4 is 27.3 Å². The lowest BCUT2D eigenvalue weighted by atomic mass is 9.96. The summed E-state index contributed by atoms with van der Waals surface area (Å²) in [6.07, 6.45) is -3.90. The minimum atomic E-state index is -4.34. The van der Waals surface area contributed by atoms with Gasteiger partial charge >= 0.3 is 6.18 Å². The molecule has 0 bridgehead atoms. The fraction of sp³-hybridized carbons (Fsp3) is 0.125. The van der Waals surface area contributed by atoms with Gasteiger partial charge in [0, 0.05) is 28.1 Å². The zero-order chi connectivity index (χ0) is 20.9. The second-order valence-electron chi connectivity index (χ2n) is 7.33. The third kappa shape index (κ3) is 3.27. The maximum atomic E-state index is 13.0. The van der Waals surface area contributed by atoms with E-state index >= 15 is 0 Å². The van der Waals surface area contributed by atoms with Crippen LogP contribution >= 0.6 is 11.3 Å². The van der Waals surface area contributed by atoms with Crippen molar-refractivity contribution in [2.45, 2.75) is 19.1 Å². The molecule has 2 heterocycles. The number of rotatable bonds is 3. The standard InChI is InChI=1S/C24H16F3NOS/c25-24(26,27)16-6-1-4-14(10-16)11-17-12-15-5-2-8-19(22(15)30-17)18-7-3-9-20-21(18)13-28-23(20)29/h1-10,12H,11,13H2,(H,28,29). The molecule has 1 N–H and O–H groups in total. The Morgan fingerprint density at radius 1 is 0.900 bits per heavy atom. The highest BCUT2D eigenvalue weighted by Crippen LogP contribution is 2.39. The van der Waals surface area contributed by atoms with E-state index in [2.05, 4.69) is 5.32 Å². The Morgan fingerprint density at radius 2 is 1.63 bits per heavy atom. The molecule has 0 radical (unpaired) electrons. The smallest absolute Gasteiger partial charge is 0.348 e. The highest BCUT2D eigenvalue weighted by atomic mass is 32.1. The third-order valence-electron chi connectivity index (χ3n) is 5.36. The maximum absolute atomic E-state index is 13.0. The van der Waals surface area contributed by atoms with Gasteiger partial charge in [0.15, 0.2) is 0 Å². The Balaban J connectivity index is 1.55. The van der Waals surface area contributed by atoms with Gasteiger partial charge in [-0.15, -0.1) is 11.3 Å². The van der Waals surface area contributed by atoms with E-state index in [9.17, 15) is 18.0 Å². The quantitative estimate of drug-likeness (QED) is 0.405. The molecule has 150 valence electrons. The average Bonchev–Trinajstić information content (AvgIpc) is 3.30. The number of carbonyl (C=O) groups is 1. The molecule has 0 aliphatic carbocycles. The van der Waals surface area contributed by atoms with Crippen LogP contribution in [0.15, 0.2) is 66.7 Å². The topological polar surface area (TPSA) is 29.1 Å².